The molecule has 18 heavy (non-hydrogen) atoms. The van der Waals surface area contributed by atoms with Gasteiger partial charge in [-0.05, 0) is 12.1 Å². The molecule has 4 N–H and O–H groups in total. The Morgan fingerprint density at radius 2 is 1.89 bits per heavy atom. The van der Waals surface area contributed by atoms with Crippen LogP contribution in [0, 0.1) is 5.82 Å². The minimum Gasteiger partial charge on any atom is -0.502 e. The number of amides is 1. The van der Waals surface area contributed by atoms with E-state index in [1.165, 1.54) is 18.2 Å². The largest absolute Gasteiger partial charge is 0.502 e. The molecule has 1 heterocycles. The number of carboxylic acid groups (broad SMARTS) is 1. The Labute approximate surface area is 99.9 Å². The molecule has 0 unspecified atom stereocenters. The fraction of sp³-hybridized carbons (Fsp3) is 0. The zero-order chi connectivity index (χ0) is 13.3. The average molecular weight is 253 g/mol. The number of carbonyl (C=O) groups is 1. The van der Waals surface area contributed by atoms with Crippen molar-refractivity contribution < 1.29 is 28.9 Å². The van der Waals surface area contributed by atoms with Gasteiger partial charge >= 0.3 is 6.09 Å². The lowest BCUT2D eigenvalue weighted by Crippen LogP contribution is -2.06. The quantitative estimate of drug-likeness (QED) is 0.658. The number of hydrogen-bond donors (Lipinski definition) is 4. The summed E-state index contributed by atoms with van der Waals surface area (Å²) in [5, 5.41) is 29.2. The summed E-state index contributed by atoms with van der Waals surface area (Å²) in [7, 11) is 0. The maximum atomic E-state index is 13.5. The van der Waals surface area contributed by atoms with E-state index in [1.807, 2.05) is 0 Å². The molecule has 0 bridgehead atoms. The summed E-state index contributed by atoms with van der Waals surface area (Å²) in [5.41, 5.74) is -0.0938. The number of furan rings is 1. The first kappa shape index (κ1) is 11.8. The van der Waals surface area contributed by atoms with Gasteiger partial charge in [0.25, 0.3) is 0 Å². The molecule has 0 fully saturated rings. The van der Waals surface area contributed by atoms with Gasteiger partial charge in [0.15, 0.2) is 5.76 Å². The first-order valence-corrected chi connectivity index (χ1v) is 4.80. The van der Waals surface area contributed by atoms with Gasteiger partial charge in [-0.15, -0.1) is 0 Å². The topological polar surface area (TPSA) is 103 Å². The van der Waals surface area contributed by atoms with Crippen LogP contribution in [0.15, 0.2) is 28.7 Å². The third-order valence-corrected chi connectivity index (χ3v) is 2.20. The van der Waals surface area contributed by atoms with Crippen molar-refractivity contribution in [3.63, 3.8) is 0 Å². The molecular formula is C11H8FNO5. The molecule has 1 amide bonds. The number of halogens is 1. The molecule has 0 saturated carbocycles. The summed E-state index contributed by atoms with van der Waals surface area (Å²) >= 11 is 0. The van der Waals surface area contributed by atoms with Gasteiger partial charge in [0.2, 0.25) is 17.4 Å². The van der Waals surface area contributed by atoms with Gasteiger partial charge in [-0.1, -0.05) is 12.1 Å². The number of aromatic hydroxyl groups is 2. The molecule has 1 aromatic carbocycles. The summed E-state index contributed by atoms with van der Waals surface area (Å²) in [6.07, 6.45) is -1.49. The molecule has 2 aromatic rings. The van der Waals surface area contributed by atoms with Gasteiger partial charge in [-0.25, -0.2) is 9.18 Å². The summed E-state index contributed by atoms with van der Waals surface area (Å²) in [6.45, 7) is 0. The van der Waals surface area contributed by atoms with Crippen LogP contribution in [-0.4, -0.2) is 21.4 Å². The molecule has 0 aliphatic heterocycles. The Morgan fingerprint density at radius 1 is 1.22 bits per heavy atom. The van der Waals surface area contributed by atoms with Crippen LogP contribution < -0.4 is 5.32 Å². The average Bonchev–Trinajstić information content (AvgIpc) is 2.58. The zero-order valence-electron chi connectivity index (χ0n) is 8.85. The molecule has 0 spiro atoms. The van der Waals surface area contributed by atoms with Gasteiger partial charge in [-0.3, -0.25) is 5.32 Å². The van der Waals surface area contributed by atoms with Crippen LogP contribution >= 0.6 is 0 Å². The summed E-state index contributed by atoms with van der Waals surface area (Å²) < 4.78 is 18.4. The fourth-order valence-electron chi connectivity index (χ4n) is 1.42. The Hall–Kier alpha value is -2.70. The van der Waals surface area contributed by atoms with Crippen LogP contribution in [0.2, 0.25) is 0 Å². The second kappa shape index (κ2) is 4.28. The van der Waals surface area contributed by atoms with E-state index in [0.29, 0.717) is 0 Å². The third kappa shape index (κ3) is 1.93. The number of rotatable bonds is 2. The summed E-state index contributed by atoms with van der Waals surface area (Å²) in [4.78, 5) is 10.4. The molecule has 2 rings (SSSR count). The van der Waals surface area contributed by atoms with Crippen molar-refractivity contribution in [2.75, 3.05) is 5.32 Å². The van der Waals surface area contributed by atoms with E-state index >= 15 is 0 Å². The number of anilines is 1. The molecule has 0 aliphatic rings. The van der Waals surface area contributed by atoms with Crippen LogP contribution in [0.1, 0.15) is 0 Å². The monoisotopic (exact) mass is 253 g/mol. The van der Waals surface area contributed by atoms with Crippen LogP contribution in [0.4, 0.5) is 15.1 Å². The Kier molecular flexibility index (Phi) is 2.80. The maximum absolute atomic E-state index is 13.5. The highest BCUT2D eigenvalue weighted by Gasteiger charge is 2.23. The number of nitrogens with one attached hydrogen (secondary N) is 1. The van der Waals surface area contributed by atoms with Crippen LogP contribution in [0.3, 0.4) is 0 Å². The molecule has 7 heteroatoms. The van der Waals surface area contributed by atoms with Crippen molar-refractivity contribution in [3.8, 4) is 22.8 Å². The van der Waals surface area contributed by atoms with E-state index in [-0.39, 0.29) is 11.3 Å². The van der Waals surface area contributed by atoms with E-state index in [0.717, 1.165) is 6.07 Å². The third-order valence-electron chi connectivity index (χ3n) is 2.20. The van der Waals surface area contributed by atoms with Crippen molar-refractivity contribution in [3.05, 3.63) is 30.1 Å². The minimum absolute atomic E-state index is 0.0938. The highest BCUT2D eigenvalue weighted by atomic mass is 19.1. The minimum atomic E-state index is -1.49. The van der Waals surface area contributed by atoms with E-state index in [9.17, 15) is 19.4 Å². The van der Waals surface area contributed by atoms with E-state index in [2.05, 4.69) is 0 Å². The summed E-state index contributed by atoms with van der Waals surface area (Å²) in [5.74, 6) is -3.13. The van der Waals surface area contributed by atoms with Crippen molar-refractivity contribution >= 4 is 12.0 Å². The normalized spacial score (nSPS) is 10.3. The SMILES string of the molecule is O=C(O)Nc1oc(-c2ccccc2F)c(O)c1O. The predicted molar refractivity (Wildman–Crippen MR) is 59.1 cm³/mol. The first-order valence-electron chi connectivity index (χ1n) is 4.80. The van der Waals surface area contributed by atoms with Gasteiger partial charge in [0.1, 0.15) is 5.82 Å². The second-order valence-corrected chi connectivity index (χ2v) is 3.37. The molecule has 1 aromatic heterocycles. The van der Waals surface area contributed by atoms with Crippen molar-refractivity contribution in [1.29, 1.82) is 0 Å². The van der Waals surface area contributed by atoms with Crippen LogP contribution in [0.5, 0.6) is 11.5 Å². The Bertz CT molecular complexity index is 607. The first-order chi connectivity index (χ1) is 8.50. The van der Waals surface area contributed by atoms with Crippen LogP contribution in [0.25, 0.3) is 11.3 Å². The van der Waals surface area contributed by atoms with Gasteiger partial charge in [0.05, 0.1) is 5.56 Å². The van der Waals surface area contributed by atoms with Crippen molar-refractivity contribution in [2.45, 2.75) is 0 Å². The van der Waals surface area contributed by atoms with Gasteiger partial charge < -0.3 is 19.7 Å². The highest BCUT2D eigenvalue weighted by Crippen LogP contribution is 2.45. The zero-order valence-corrected chi connectivity index (χ0v) is 8.85. The lowest BCUT2D eigenvalue weighted by Gasteiger charge is -1.98. The molecule has 0 aliphatic carbocycles. The molecule has 0 atom stereocenters. The lowest BCUT2D eigenvalue weighted by molar-refractivity contribution is 0.209. The Balaban J connectivity index is 2.53. The maximum Gasteiger partial charge on any atom is 0.411 e. The van der Waals surface area contributed by atoms with Gasteiger partial charge in [-0.2, -0.15) is 0 Å². The van der Waals surface area contributed by atoms with Crippen molar-refractivity contribution in [2.24, 2.45) is 0 Å². The van der Waals surface area contributed by atoms with Crippen LogP contribution in [-0.2, 0) is 0 Å². The molecule has 94 valence electrons. The van der Waals surface area contributed by atoms with Crippen molar-refractivity contribution in [1.82, 2.24) is 0 Å². The van der Waals surface area contributed by atoms with E-state index < -0.39 is 29.3 Å². The van der Waals surface area contributed by atoms with E-state index in [1.54, 1.807) is 5.32 Å². The molecule has 0 saturated heterocycles. The molecular weight excluding hydrogens is 245 g/mol. The number of hydrogen-bond acceptors (Lipinski definition) is 4. The summed E-state index contributed by atoms with van der Waals surface area (Å²) in [6, 6.07) is 5.40. The predicted octanol–water partition coefficient (Wildman–Crippen LogP) is 2.59. The number of benzene rings is 1. The smallest absolute Gasteiger partial charge is 0.411 e. The fourth-order valence-corrected chi connectivity index (χ4v) is 1.42. The standard InChI is InChI=1S/C11H8FNO5/c12-6-4-2-1-3-5(6)9-7(14)8(15)10(18-9)13-11(16)17/h1-4,13-15H,(H,16,17). The van der Waals surface area contributed by atoms with Gasteiger partial charge in [0, 0.05) is 0 Å². The Morgan fingerprint density at radius 3 is 2.50 bits per heavy atom. The molecule has 0 radical (unpaired) electrons. The van der Waals surface area contributed by atoms with E-state index in [4.69, 9.17) is 9.52 Å². The molecule has 6 nitrogen and oxygen atoms in total. The highest BCUT2D eigenvalue weighted by molar-refractivity contribution is 5.86. The lowest BCUT2D eigenvalue weighted by atomic mass is 10.1. The second-order valence-electron chi connectivity index (χ2n) is 3.37.